The Labute approximate surface area is 177 Å². The van der Waals surface area contributed by atoms with Gasteiger partial charge in [-0.15, -0.1) is 13.2 Å². The molecule has 0 aliphatic carbocycles. The molecule has 0 unspecified atom stereocenters. The molecule has 0 saturated carbocycles. The summed E-state index contributed by atoms with van der Waals surface area (Å²) in [5.74, 6) is -1.94. The van der Waals surface area contributed by atoms with Crippen LogP contribution in [-0.2, 0) is 4.74 Å². The van der Waals surface area contributed by atoms with Gasteiger partial charge in [0.05, 0.1) is 12.8 Å². The van der Waals surface area contributed by atoms with Crippen LogP contribution in [-0.4, -0.2) is 30.5 Å². The van der Waals surface area contributed by atoms with Crippen LogP contribution >= 0.6 is 11.6 Å². The lowest BCUT2D eigenvalue weighted by Gasteiger charge is -2.21. The van der Waals surface area contributed by atoms with Crippen LogP contribution in [0.2, 0.25) is 5.02 Å². The highest BCUT2D eigenvalue weighted by Crippen LogP contribution is 2.39. The number of methoxy groups -OCH3 is 1. The van der Waals surface area contributed by atoms with Crippen LogP contribution in [0.25, 0.3) is 0 Å². The zero-order chi connectivity index (χ0) is 22.5. The molecular formula is C20H22ClF3N2O4. The number of benzene rings is 1. The lowest BCUT2D eigenvalue weighted by Crippen LogP contribution is -2.20. The van der Waals surface area contributed by atoms with Crippen LogP contribution in [0.5, 0.6) is 17.4 Å². The monoisotopic (exact) mass is 446 g/mol. The zero-order valence-electron chi connectivity index (χ0n) is 16.9. The predicted molar refractivity (Wildman–Crippen MR) is 107 cm³/mol. The fraction of sp³-hybridized carbons (Fsp3) is 0.400. The van der Waals surface area contributed by atoms with E-state index in [1.807, 2.05) is 13.8 Å². The lowest BCUT2D eigenvalue weighted by molar-refractivity contribution is -0.275. The summed E-state index contributed by atoms with van der Waals surface area (Å²) in [6, 6.07) is 5.19. The Morgan fingerprint density at radius 3 is 2.43 bits per heavy atom. The SMILES string of the molecule is CCC(CC)Nc1cc(C)nc(Oc2ccc(Cl)cc2OC(F)(F)F)c1C(=O)OC. The number of carbonyl (C=O) groups is 1. The molecule has 0 aliphatic rings. The second-order valence-corrected chi connectivity index (χ2v) is 6.82. The van der Waals surface area contributed by atoms with Crippen LogP contribution in [0.15, 0.2) is 24.3 Å². The minimum Gasteiger partial charge on any atom is -0.465 e. The summed E-state index contributed by atoms with van der Waals surface area (Å²) in [5, 5.41) is 3.25. The standard InChI is InChI=1S/C20H22ClF3N2O4/c1-5-13(6-2)26-14-9-11(3)25-18(17(14)19(27)28-4)29-15-8-7-12(21)10-16(15)30-20(22,23)24/h7-10,13H,5-6H2,1-4H3,(H,25,26). The topological polar surface area (TPSA) is 69.7 Å². The van der Waals surface area contributed by atoms with Gasteiger partial charge in [-0.2, -0.15) is 0 Å². The number of carbonyl (C=O) groups excluding carboxylic acids is 1. The van der Waals surface area contributed by atoms with Gasteiger partial charge in [-0.1, -0.05) is 25.4 Å². The number of hydrogen-bond acceptors (Lipinski definition) is 6. The third-order valence-electron chi connectivity index (χ3n) is 4.19. The summed E-state index contributed by atoms with van der Waals surface area (Å²) in [4.78, 5) is 16.7. The molecule has 1 aromatic heterocycles. The maximum Gasteiger partial charge on any atom is 0.573 e. The van der Waals surface area contributed by atoms with Gasteiger partial charge in [0, 0.05) is 22.8 Å². The zero-order valence-corrected chi connectivity index (χ0v) is 17.6. The van der Waals surface area contributed by atoms with Crippen molar-refractivity contribution in [3.05, 3.63) is 40.5 Å². The minimum atomic E-state index is -4.96. The van der Waals surface area contributed by atoms with E-state index < -0.39 is 18.1 Å². The van der Waals surface area contributed by atoms with E-state index in [1.165, 1.54) is 19.2 Å². The largest absolute Gasteiger partial charge is 0.573 e. The van der Waals surface area contributed by atoms with E-state index in [1.54, 1.807) is 13.0 Å². The van der Waals surface area contributed by atoms with Gasteiger partial charge in [0.2, 0.25) is 5.88 Å². The first-order chi connectivity index (χ1) is 14.1. The van der Waals surface area contributed by atoms with E-state index in [9.17, 15) is 18.0 Å². The van der Waals surface area contributed by atoms with Crippen LogP contribution in [0, 0.1) is 6.92 Å². The van der Waals surface area contributed by atoms with Gasteiger partial charge in [-0.3, -0.25) is 0 Å². The summed E-state index contributed by atoms with van der Waals surface area (Å²) >= 11 is 5.79. The average molecular weight is 447 g/mol. The molecule has 0 spiro atoms. The summed E-state index contributed by atoms with van der Waals surface area (Å²) < 4.78 is 52.8. The summed E-state index contributed by atoms with van der Waals surface area (Å²) in [6.45, 7) is 5.64. The maximum absolute atomic E-state index is 12.8. The minimum absolute atomic E-state index is 0.0167. The average Bonchev–Trinajstić information content (AvgIpc) is 2.66. The number of nitrogens with one attached hydrogen (secondary N) is 1. The van der Waals surface area contributed by atoms with E-state index in [4.69, 9.17) is 21.1 Å². The van der Waals surface area contributed by atoms with Crippen molar-refractivity contribution >= 4 is 23.3 Å². The molecule has 1 aromatic carbocycles. The number of ether oxygens (including phenoxy) is 3. The number of anilines is 1. The first kappa shape index (κ1) is 23.6. The number of nitrogens with zero attached hydrogens (tertiary/aromatic N) is 1. The number of esters is 1. The first-order valence-electron chi connectivity index (χ1n) is 9.17. The number of aryl methyl sites for hydroxylation is 1. The van der Waals surface area contributed by atoms with Crippen molar-refractivity contribution in [2.24, 2.45) is 0 Å². The Bertz CT molecular complexity index is 902. The number of pyridine rings is 1. The molecule has 0 bridgehead atoms. The van der Waals surface area contributed by atoms with Crippen molar-refractivity contribution in [1.29, 1.82) is 0 Å². The third kappa shape index (κ3) is 6.16. The number of hydrogen-bond donors (Lipinski definition) is 1. The fourth-order valence-electron chi connectivity index (χ4n) is 2.72. The van der Waals surface area contributed by atoms with Gasteiger partial charge in [0.25, 0.3) is 0 Å². The highest BCUT2D eigenvalue weighted by atomic mass is 35.5. The van der Waals surface area contributed by atoms with Gasteiger partial charge >= 0.3 is 12.3 Å². The summed E-state index contributed by atoms with van der Waals surface area (Å²) in [7, 11) is 1.19. The molecule has 0 saturated heterocycles. The molecule has 0 fully saturated rings. The normalized spacial score (nSPS) is 11.4. The number of rotatable bonds is 8. The van der Waals surface area contributed by atoms with Gasteiger partial charge in [-0.25, -0.2) is 9.78 Å². The van der Waals surface area contributed by atoms with E-state index in [0.717, 1.165) is 18.9 Å². The van der Waals surface area contributed by atoms with Crippen molar-refractivity contribution in [3.63, 3.8) is 0 Å². The molecule has 0 atom stereocenters. The molecule has 2 aromatic rings. The molecule has 1 heterocycles. The number of aromatic nitrogens is 1. The predicted octanol–water partition coefficient (Wildman–Crippen LogP) is 6.12. The maximum atomic E-state index is 12.8. The van der Waals surface area contributed by atoms with Gasteiger partial charge in [-0.05, 0) is 38.0 Å². The Balaban J connectivity index is 2.57. The van der Waals surface area contributed by atoms with Crippen LogP contribution in [0.3, 0.4) is 0 Å². The first-order valence-corrected chi connectivity index (χ1v) is 9.55. The van der Waals surface area contributed by atoms with Crippen molar-refractivity contribution in [1.82, 2.24) is 4.98 Å². The van der Waals surface area contributed by atoms with Crippen LogP contribution < -0.4 is 14.8 Å². The second kappa shape index (κ2) is 9.88. The fourth-order valence-corrected chi connectivity index (χ4v) is 2.88. The van der Waals surface area contributed by atoms with Crippen LogP contribution in [0.1, 0.15) is 42.7 Å². The molecule has 0 aliphatic heterocycles. The van der Waals surface area contributed by atoms with E-state index >= 15 is 0 Å². The Morgan fingerprint density at radius 2 is 1.87 bits per heavy atom. The van der Waals surface area contributed by atoms with Crippen LogP contribution in [0.4, 0.5) is 18.9 Å². The number of halogens is 4. The van der Waals surface area contributed by atoms with Crippen molar-refractivity contribution < 1.29 is 32.2 Å². The molecule has 6 nitrogen and oxygen atoms in total. The summed E-state index contributed by atoms with van der Waals surface area (Å²) in [6.07, 6.45) is -3.39. The molecule has 164 valence electrons. The number of alkyl halides is 3. The van der Waals surface area contributed by atoms with E-state index in [-0.39, 0.29) is 28.3 Å². The highest BCUT2D eigenvalue weighted by molar-refractivity contribution is 6.30. The third-order valence-corrected chi connectivity index (χ3v) is 4.42. The van der Waals surface area contributed by atoms with Crippen molar-refractivity contribution in [2.75, 3.05) is 12.4 Å². The Hall–Kier alpha value is -2.68. The van der Waals surface area contributed by atoms with Gasteiger partial charge in [0.15, 0.2) is 11.5 Å². The molecule has 1 N–H and O–H groups in total. The van der Waals surface area contributed by atoms with E-state index in [0.29, 0.717) is 11.4 Å². The summed E-state index contributed by atoms with van der Waals surface area (Å²) in [5.41, 5.74) is 0.853. The molecule has 0 radical (unpaired) electrons. The Morgan fingerprint density at radius 1 is 1.20 bits per heavy atom. The molecule has 30 heavy (non-hydrogen) atoms. The smallest absolute Gasteiger partial charge is 0.465 e. The van der Waals surface area contributed by atoms with E-state index in [2.05, 4.69) is 15.0 Å². The van der Waals surface area contributed by atoms with Crippen molar-refractivity contribution in [3.8, 4) is 17.4 Å². The molecule has 10 heteroatoms. The quantitative estimate of drug-likeness (QED) is 0.492. The second-order valence-electron chi connectivity index (χ2n) is 6.38. The van der Waals surface area contributed by atoms with Crippen molar-refractivity contribution in [2.45, 2.75) is 46.0 Å². The van der Waals surface area contributed by atoms with Gasteiger partial charge in [0.1, 0.15) is 5.56 Å². The Kier molecular flexibility index (Phi) is 7.77. The molecular weight excluding hydrogens is 425 g/mol. The highest BCUT2D eigenvalue weighted by Gasteiger charge is 2.33. The van der Waals surface area contributed by atoms with Gasteiger partial charge < -0.3 is 19.5 Å². The molecule has 2 rings (SSSR count). The lowest BCUT2D eigenvalue weighted by atomic mass is 10.1. The molecule has 0 amide bonds.